The lowest BCUT2D eigenvalue weighted by Gasteiger charge is -2.13. The van der Waals surface area contributed by atoms with Crippen LogP contribution < -0.4 is 9.47 Å². The zero-order chi connectivity index (χ0) is 22.7. The van der Waals surface area contributed by atoms with Gasteiger partial charge in [0.05, 0.1) is 17.6 Å². The molecular weight excluding hydrogens is 420 g/mol. The Morgan fingerprint density at radius 2 is 1.59 bits per heavy atom. The first-order valence-electron chi connectivity index (χ1n) is 11.0. The van der Waals surface area contributed by atoms with Crippen LogP contribution in [0.15, 0.2) is 60.7 Å². The SMILES string of the molecule is Cc1cc(OCCn2c(COc3ccc(C(C)C)cc3)nc3ccccc32)cc(C)c1Cl. The molecule has 0 saturated carbocycles. The summed E-state index contributed by atoms with van der Waals surface area (Å²) in [5, 5.41) is 0.791. The third-order valence-electron chi connectivity index (χ3n) is 5.64. The predicted molar refractivity (Wildman–Crippen MR) is 131 cm³/mol. The molecule has 0 aliphatic rings. The van der Waals surface area contributed by atoms with Crippen LogP contribution in [-0.4, -0.2) is 16.2 Å². The minimum atomic E-state index is 0.398. The third-order valence-corrected chi connectivity index (χ3v) is 6.24. The van der Waals surface area contributed by atoms with Gasteiger partial charge in [-0.05, 0) is 72.9 Å². The van der Waals surface area contributed by atoms with Crippen molar-refractivity contribution in [2.45, 2.75) is 46.8 Å². The van der Waals surface area contributed by atoms with Gasteiger partial charge >= 0.3 is 0 Å². The predicted octanol–water partition coefficient (Wildman–Crippen LogP) is 7.09. The number of fused-ring (bicyclic) bond motifs is 1. The van der Waals surface area contributed by atoms with Crippen molar-refractivity contribution in [1.29, 1.82) is 0 Å². The summed E-state index contributed by atoms with van der Waals surface area (Å²) in [6, 6.07) is 20.4. The molecule has 0 atom stereocenters. The molecule has 5 heteroatoms. The molecule has 0 amide bonds. The normalized spacial score (nSPS) is 11.3. The fourth-order valence-electron chi connectivity index (χ4n) is 3.83. The third kappa shape index (κ3) is 4.91. The molecule has 166 valence electrons. The molecule has 1 aromatic heterocycles. The number of halogens is 1. The van der Waals surface area contributed by atoms with E-state index < -0.39 is 0 Å². The summed E-state index contributed by atoms with van der Waals surface area (Å²) in [6.07, 6.45) is 0. The molecule has 4 nitrogen and oxygen atoms in total. The number of hydrogen-bond donors (Lipinski definition) is 0. The van der Waals surface area contributed by atoms with Gasteiger partial charge in [-0.1, -0.05) is 49.7 Å². The second-order valence-corrected chi connectivity index (χ2v) is 8.78. The summed E-state index contributed by atoms with van der Waals surface area (Å²) in [4.78, 5) is 4.80. The minimum Gasteiger partial charge on any atom is -0.492 e. The topological polar surface area (TPSA) is 36.3 Å². The smallest absolute Gasteiger partial charge is 0.148 e. The molecule has 0 fully saturated rings. The first-order valence-corrected chi connectivity index (χ1v) is 11.4. The second-order valence-electron chi connectivity index (χ2n) is 8.40. The van der Waals surface area contributed by atoms with Crippen LogP contribution >= 0.6 is 11.6 Å². The van der Waals surface area contributed by atoms with Gasteiger partial charge in [-0.3, -0.25) is 0 Å². The van der Waals surface area contributed by atoms with Crippen LogP contribution in [0.3, 0.4) is 0 Å². The van der Waals surface area contributed by atoms with Crippen LogP contribution in [0.1, 0.15) is 42.3 Å². The molecule has 4 rings (SSSR count). The van der Waals surface area contributed by atoms with Gasteiger partial charge in [0.25, 0.3) is 0 Å². The van der Waals surface area contributed by atoms with E-state index >= 15 is 0 Å². The Kier molecular flexibility index (Phi) is 6.71. The highest BCUT2D eigenvalue weighted by Crippen LogP contribution is 2.26. The van der Waals surface area contributed by atoms with E-state index in [0.29, 0.717) is 25.7 Å². The molecule has 4 aromatic rings. The fourth-order valence-corrected chi connectivity index (χ4v) is 3.94. The summed E-state index contributed by atoms with van der Waals surface area (Å²) in [6.45, 7) is 9.96. The average molecular weight is 449 g/mol. The van der Waals surface area contributed by atoms with Crippen LogP contribution in [0.25, 0.3) is 11.0 Å². The van der Waals surface area contributed by atoms with Crippen molar-refractivity contribution in [2.75, 3.05) is 6.61 Å². The molecule has 0 bridgehead atoms. The molecule has 0 aliphatic carbocycles. The molecule has 0 radical (unpaired) electrons. The van der Waals surface area contributed by atoms with Crippen LogP contribution in [0.5, 0.6) is 11.5 Å². The largest absolute Gasteiger partial charge is 0.492 e. The van der Waals surface area contributed by atoms with Gasteiger partial charge in [-0.25, -0.2) is 4.98 Å². The number of imidazole rings is 1. The van der Waals surface area contributed by atoms with Crippen molar-refractivity contribution in [1.82, 2.24) is 9.55 Å². The average Bonchev–Trinajstić information content (AvgIpc) is 3.14. The number of aryl methyl sites for hydroxylation is 2. The molecule has 0 unspecified atom stereocenters. The number of hydrogen-bond acceptors (Lipinski definition) is 3. The maximum absolute atomic E-state index is 6.28. The first kappa shape index (κ1) is 22.2. The molecule has 0 aliphatic heterocycles. The first-order chi connectivity index (χ1) is 15.4. The summed E-state index contributed by atoms with van der Waals surface area (Å²) >= 11 is 6.28. The Morgan fingerprint density at radius 1 is 0.906 bits per heavy atom. The van der Waals surface area contributed by atoms with Crippen LogP contribution in [-0.2, 0) is 13.2 Å². The maximum Gasteiger partial charge on any atom is 0.148 e. The van der Waals surface area contributed by atoms with E-state index in [1.54, 1.807) is 0 Å². The lowest BCUT2D eigenvalue weighted by atomic mass is 10.0. The minimum absolute atomic E-state index is 0.398. The van der Waals surface area contributed by atoms with Crippen molar-refractivity contribution in [3.63, 3.8) is 0 Å². The number of para-hydroxylation sites is 2. The Hall–Kier alpha value is -2.98. The van der Waals surface area contributed by atoms with E-state index in [9.17, 15) is 0 Å². The van der Waals surface area contributed by atoms with Crippen molar-refractivity contribution in [2.24, 2.45) is 0 Å². The number of aromatic nitrogens is 2. The van der Waals surface area contributed by atoms with E-state index in [0.717, 1.165) is 44.5 Å². The monoisotopic (exact) mass is 448 g/mol. The maximum atomic E-state index is 6.28. The number of rotatable bonds is 8. The highest BCUT2D eigenvalue weighted by atomic mass is 35.5. The summed E-state index contributed by atoms with van der Waals surface area (Å²) in [5.74, 6) is 3.06. The second kappa shape index (κ2) is 9.66. The molecule has 0 N–H and O–H groups in total. The van der Waals surface area contributed by atoms with Crippen LogP contribution in [0.4, 0.5) is 0 Å². The molecule has 0 saturated heterocycles. The number of benzene rings is 3. The van der Waals surface area contributed by atoms with E-state index in [4.69, 9.17) is 26.1 Å². The van der Waals surface area contributed by atoms with E-state index in [1.807, 2.05) is 56.3 Å². The van der Waals surface area contributed by atoms with Gasteiger partial charge < -0.3 is 14.0 Å². The summed E-state index contributed by atoms with van der Waals surface area (Å²) in [7, 11) is 0. The van der Waals surface area contributed by atoms with Crippen molar-refractivity contribution >= 4 is 22.6 Å². The van der Waals surface area contributed by atoms with Gasteiger partial charge in [0, 0.05) is 5.02 Å². The van der Waals surface area contributed by atoms with E-state index in [-0.39, 0.29) is 0 Å². The van der Waals surface area contributed by atoms with Crippen LogP contribution in [0.2, 0.25) is 5.02 Å². The molecule has 3 aromatic carbocycles. The Balaban J connectivity index is 1.49. The Bertz CT molecular complexity index is 1190. The van der Waals surface area contributed by atoms with Gasteiger partial charge in [0.15, 0.2) is 0 Å². The molecular formula is C27H29ClN2O2. The van der Waals surface area contributed by atoms with Gasteiger partial charge in [0.1, 0.15) is 30.5 Å². The van der Waals surface area contributed by atoms with Crippen molar-refractivity contribution < 1.29 is 9.47 Å². The van der Waals surface area contributed by atoms with E-state index in [2.05, 4.69) is 36.6 Å². The van der Waals surface area contributed by atoms with Gasteiger partial charge in [0.2, 0.25) is 0 Å². The summed E-state index contributed by atoms with van der Waals surface area (Å²) < 4.78 is 14.3. The standard InChI is InChI=1S/C27H29ClN2O2/c1-18(2)21-9-11-22(12-10-21)32-17-26-29-24-7-5-6-8-25(24)30(26)13-14-31-23-15-19(3)27(28)20(4)16-23/h5-12,15-16,18H,13-14,17H2,1-4H3. The van der Waals surface area contributed by atoms with Crippen molar-refractivity contribution in [3.05, 3.63) is 88.2 Å². The van der Waals surface area contributed by atoms with E-state index in [1.165, 1.54) is 5.56 Å². The molecule has 32 heavy (non-hydrogen) atoms. The quantitative estimate of drug-likeness (QED) is 0.288. The fraction of sp³-hybridized carbons (Fsp3) is 0.296. The number of nitrogens with zero attached hydrogens (tertiary/aromatic N) is 2. The highest BCUT2D eigenvalue weighted by Gasteiger charge is 2.12. The van der Waals surface area contributed by atoms with Crippen molar-refractivity contribution in [3.8, 4) is 11.5 Å². The Morgan fingerprint density at radius 3 is 2.28 bits per heavy atom. The van der Waals surface area contributed by atoms with Crippen LogP contribution in [0, 0.1) is 13.8 Å². The highest BCUT2D eigenvalue weighted by molar-refractivity contribution is 6.32. The molecule has 0 spiro atoms. The Labute approximate surface area is 194 Å². The number of ether oxygens (including phenoxy) is 2. The lowest BCUT2D eigenvalue weighted by Crippen LogP contribution is -2.13. The zero-order valence-electron chi connectivity index (χ0n) is 19.1. The van der Waals surface area contributed by atoms with Gasteiger partial charge in [-0.15, -0.1) is 0 Å². The summed E-state index contributed by atoms with van der Waals surface area (Å²) in [5.41, 5.74) is 5.38. The molecule has 1 heterocycles. The zero-order valence-corrected chi connectivity index (χ0v) is 19.8. The van der Waals surface area contributed by atoms with Gasteiger partial charge in [-0.2, -0.15) is 0 Å². The lowest BCUT2D eigenvalue weighted by molar-refractivity contribution is 0.272.